The van der Waals surface area contributed by atoms with Crippen molar-refractivity contribution < 1.29 is 9.53 Å². The van der Waals surface area contributed by atoms with Crippen molar-refractivity contribution in [2.45, 2.75) is 38.5 Å². The summed E-state index contributed by atoms with van der Waals surface area (Å²) >= 11 is 0. The van der Waals surface area contributed by atoms with E-state index in [1.165, 1.54) is 45.6 Å². The summed E-state index contributed by atoms with van der Waals surface area (Å²) in [5.41, 5.74) is 0.221. The van der Waals surface area contributed by atoms with Gasteiger partial charge >= 0.3 is 5.97 Å². The molecule has 0 bridgehead atoms. The lowest BCUT2D eigenvalue weighted by molar-refractivity contribution is -0.149. The van der Waals surface area contributed by atoms with Crippen LogP contribution < -0.4 is 5.32 Å². The van der Waals surface area contributed by atoms with E-state index in [0.717, 1.165) is 24.9 Å². The number of carbonyl (C=O) groups is 1. The highest BCUT2D eigenvalue weighted by Crippen LogP contribution is 2.53. The number of esters is 1. The van der Waals surface area contributed by atoms with Gasteiger partial charge in [-0.15, -0.1) is 0 Å². The van der Waals surface area contributed by atoms with Crippen LogP contribution in [-0.4, -0.2) is 26.2 Å². The Hall–Kier alpha value is -0.570. The molecule has 3 rings (SSSR count). The second-order valence-electron chi connectivity index (χ2n) is 6.26. The molecular formula is C14H23NO2. The Morgan fingerprint density at radius 1 is 1.29 bits per heavy atom. The normalized spacial score (nSPS) is 41.7. The lowest BCUT2D eigenvalue weighted by atomic mass is 9.63. The first-order chi connectivity index (χ1) is 8.25. The molecule has 0 amide bonds. The van der Waals surface area contributed by atoms with E-state index in [1.54, 1.807) is 0 Å². The highest BCUT2D eigenvalue weighted by Gasteiger charge is 2.51. The topological polar surface area (TPSA) is 38.3 Å². The van der Waals surface area contributed by atoms with E-state index in [-0.39, 0.29) is 17.3 Å². The summed E-state index contributed by atoms with van der Waals surface area (Å²) in [7, 11) is 1.52. The van der Waals surface area contributed by atoms with Crippen molar-refractivity contribution >= 4 is 5.97 Å². The van der Waals surface area contributed by atoms with Crippen molar-refractivity contribution in [3.05, 3.63) is 0 Å². The number of ether oxygens (including phenoxy) is 1. The molecule has 0 aromatic heterocycles. The molecule has 0 radical (unpaired) electrons. The van der Waals surface area contributed by atoms with Crippen LogP contribution in [0.15, 0.2) is 0 Å². The number of methoxy groups -OCH3 is 1. The van der Waals surface area contributed by atoms with Gasteiger partial charge in [-0.2, -0.15) is 0 Å². The molecule has 2 saturated carbocycles. The number of hydrogen-bond donors (Lipinski definition) is 1. The molecule has 17 heavy (non-hydrogen) atoms. The van der Waals surface area contributed by atoms with Crippen LogP contribution >= 0.6 is 0 Å². The third-order valence-corrected chi connectivity index (χ3v) is 5.26. The van der Waals surface area contributed by atoms with Gasteiger partial charge in [0.05, 0.1) is 13.0 Å². The third kappa shape index (κ3) is 1.99. The molecule has 1 saturated heterocycles. The molecule has 3 fully saturated rings. The summed E-state index contributed by atoms with van der Waals surface area (Å²) in [5.74, 6) is 1.97. The molecule has 3 atom stereocenters. The summed E-state index contributed by atoms with van der Waals surface area (Å²) in [6.45, 7) is 1.85. The minimum atomic E-state index is 0.00597. The smallest absolute Gasteiger partial charge is 0.310 e. The minimum absolute atomic E-state index is 0.00597. The number of rotatable bonds is 2. The molecule has 1 spiro atoms. The second-order valence-corrected chi connectivity index (χ2v) is 6.26. The average molecular weight is 237 g/mol. The molecule has 3 aliphatic rings. The maximum absolute atomic E-state index is 11.9. The molecule has 3 nitrogen and oxygen atoms in total. The van der Waals surface area contributed by atoms with Crippen molar-refractivity contribution in [2.75, 3.05) is 20.2 Å². The summed E-state index contributed by atoms with van der Waals surface area (Å²) in [6.07, 6.45) is 8.01. The fourth-order valence-electron chi connectivity index (χ4n) is 4.17. The molecule has 3 unspecified atom stereocenters. The first kappa shape index (κ1) is 11.5. The zero-order chi connectivity index (χ0) is 11.9. The van der Waals surface area contributed by atoms with Gasteiger partial charge in [-0.25, -0.2) is 0 Å². The number of hydrogen-bond acceptors (Lipinski definition) is 3. The average Bonchev–Trinajstić information content (AvgIpc) is 3.13. The summed E-state index contributed by atoms with van der Waals surface area (Å²) in [5, 5.41) is 3.43. The summed E-state index contributed by atoms with van der Waals surface area (Å²) < 4.78 is 4.99. The zero-order valence-corrected chi connectivity index (χ0v) is 10.7. The van der Waals surface area contributed by atoms with Crippen molar-refractivity contribution in [1.29, 1.82) is 0 Å². The zero-order valence-electron chi connectivity index (χ0n) is 10.7. The van der Waals surface area contributed by atoms with E-state index < -0.39 is 0 Å². The molecule has 96 valence electrons. The minimum Gasteiger partial charge on any atom is -0.469 e. The van der Waals surface area contributed by atoms with Crippen molar-refractivity contribution in [1.82, 2.24) is 5.32 Å². The Morgan fingerprint density at radius 3 is 2.82 bits per heavy atom. The SMILES string of the molecule is COC(=O)C1CNCC12CCCC(C1CC1)C2. The summed E-state index contributed by atoms with van der Waals surface area (Å²) in [4.78, 5) is 11.9. The molecular weight excluding hydrogens is 214 g/mol. The van der Waals surface area contributed by atoms with Gasteiger partial charge in [0.25, 0.3) is 0 Å². The van der Waals surface area contributed by atoms with Gasteiger partial charge < -0.3 is 10.1 Å². The van der Waals surface area contributed by atoms with Gasteiger partial charge in [0.1, 0.15) is 0 Å². The van der Waals surface area contributed by atoms with Crippen LogP contribution in [0.3, 0.4) is 0 Å². The molecule has 1 heterocycles. The molecule has 1 aliphatic heterocycles. The fraction of sp³-hybridized carbons (Fsp3) is 0.929. The van der Waals surface area contributed by atoms with Crippen LogP contribution in [-0.2, 0) is 9.53 Å². The highest BCUT2D eigenvalue weighted by molar-refractivity contribution is 5.74. The molecule has 3 heteroatoms. The van der Waals surface area contributed by atoms with Gasteiger partial charge in [0.15, 0.2) is 0 Å². The van der Waals surface area contributed by atoms with Gasteiger partial charge in [-0.1, -0.05) is 12.8 Å². The third-order valence-electron chi connectivity index (χ3n) is 5.26. The van der Waals surface area contributed by atoms with Crippen LogP contribution in [0.1, 0.15) is 38.5 Å². The lowest BCUT2D eigenvalue weighted by Crippen LogP contribution is -2.40. The number of nitrogens with one attached hydrogen (secondary N) is 1. The van der Waals surface area contributed by atoms with Crippen LogP contribution in [0.4, 0.5) is 0 Å². The molecule has 2 aliphatic carbocycles. The van der Waals surface area contributed by atoms with Crippen LogP contribution in [0.2, 0.25) is 0 Å². The Balaban J connectivity index is 1.75. The first-order valence-corrected chi connectivity index (χ1v) is 7.04. The Morgan fingerprint density at radius 2 is 2.12 bits per heavy atom. The van der Waals surface area contributed by atoms with Gasteiger partial charge in [-0.05, 0) is 42.9 Å². The fourth-order valence-corrected chi connectivity index (χ4v) is 4.17. The Bertz CT molecular complexity index is 313. The van der Waals surface area contributed by atoms with Crippen molar-refractivity contribution in [2.24, 2.45) is 23.2 Å². The van der Waals surface area contributed by atoms with Crippen molar-refractivity contribution in [3.8, 4) is 0 Å². The van der Waals surface area contributed by atoms with Crippen LogP contribution in [0.25, 0.3) is 0 Å². The predicted octanol–water partition coefficient (Wildman–Crippen LogP) is 1.97. The van der Waals surface area contributed by atoms with Crippen molar-refractivity contribution in [3.63, 3.8) is 0 Å². The van der Waals surface area contributed by atoms with E-state index >= 15 is 0 Å². The Labute approximate surface area is 103 Å². The predicted molar refractivity (Wildman–Crippen MR) is 65.5 cm³/mol. The highest BCUT2D eigenvalue weighted by atomic mass is 16.5. The van der Waals surface area contributed by atoms with E-state index in [9.17, 15) is 4.79 Å². The second kappa shape index (κ2) is 4.27. The Kier molecular flexibility index (Phi) is 2.89. The lowest BCUT2D eigenvalue weighted by Gasteiger charge is -2.41. The first-order valence-electron chi connectivity index (χ1n) is 7.04. The molecule has 1 N–H and O–H groups in total. The van der Waals surface area contributed by atoms with Gasteiger partial charge in [0, 0.05) is 13.1 Å². The maximum atomic E-state index is 11.9. The van der Waals surface area contributed by atoms with Crippen LogP contribution in [0, 0.1) is 23.2 Å². The quantitative estimate of drug-likeness (QED) is 0.746. The molecule has 0 aromatic rings. The molecule has 0 aromatic carbocycles. The standard InChI is InChI=1S/C14H23NO2/c1-17-13(16)12-8-15-9-14(12)6-2-3-11(7-14)10-4-5-10/h10-12,15H,2-9H2,1H3. The number of carbonyl (C=O) groups excluding carboxylic acids is 1. The van der Waals surface area contributed by atoms with E-state index in [4.69, 9.17) is 4.74 Å². The maximum Gasteiger partial charge on any atom is 0.310 e. The van der Waals surface area contributed by atoms with Gasteiger partial charge in [-0.3, -0.25) is 4.79 Å². The van der Waals surface area contributed by atoms with E-state index in [0.29, 0.717) is 0 Å². The van der Waals surface area contributed by atoms with Gasteiger partial charge in [0.2, 0.25) is 0 Å². The van der Waals surface area contributed by atoms with E-state index in [1.807, 2.05) is 0 Å². The largest absolute Gasteiger partial charge is 0.469 e. The summed E-state index contributed by atoms with van der Waals surface area (Å²) in [6, 6.07) is 0. The monoisotopic (exact) mass is 237 g/mol. The van der Waals surface area contributed by atoms with Crippen LogP contribution in [0.5, 0.6) is 0 Å². The van der Waals surface area contributed by atoms with E-state index in [2.05, 4.69) is 5.32 Å².